The smallest absolute Gasteiger partial charge is 0.310 e. The third-order valence-corrected chi connectivity index (χ3v) is 12.7. The Hall–Kier alpha value is -1.98. The average Bonchev–Trinajstić information content (AvgIpc) is 3.17. The summed E-state index contributed by atoms with van der Waals surface area (Å²) in [6.07, 6.45) is 4.54. The number of rotatable bonds is 3. The molecule has 4 unspecified atom stereocenters. The molecule has 0 aromatic rings. The molecule has 5 saturated carbocycles. The lowest BCUT2D eigenvalue weighted by atomic mass is 9.31. The molecule has 0 saturated heterocycles. The first kappa shape index (κ1) is 25.7. The van der Waals surface area contributed by atoms with Crippen molar-refractivity contribution in [2.75, 3.05) is 0 Å². The quantitative estimate of drug-likeness (QED) is 0.495. The predicted molar refractivity (Wildman–Crippen MR) is 134 cm³/mol. The first-order chi connectivity index (χ1) is 16.6. The fourth-order valence-electron chi connectivity index (χ4n) is 11.3. The summed E-state index contributed by atoms with van der Waals surface area (Å²) in [6.45, 7) is 14.1. The van der Waals surface area contributed by atoms with Crippen LogP contribution in [0.3, 0.4) is 0 Å². The molecule has 9 atom stereocenters. The van der Waals surface area contributed by atoms with Gasteiger partial charge < -0.3 is 10.2 Å². The molecule has 5 aliphatic carbocycles. The second kappa shape index (κ2) is 7.54. The van der Waals surface area contributed by atoms with Gasteiger partial charge in [-0.3, -0.25) is 19.2 Å². The second-order valence-electron chi connectivity index (χ2n) is 14.1. The third kappa shape index (κ3) is 2.74. The molecule has 0 amide bonds. The summed E-state index contributed by atoms with van der Waals surface area (Å²) in [7, 11) is 0. The van der Waals surface area contributed by atoms with E-state index in [2.05, 4.69) is 13.5 Å². The fourth-order valence-corrected chi connectivity index (χ4v) is 11.3. The number of carbonyl (C=O) groups excluding carboxylic acids is 2. The van der Waals surface area contributed by atoms with Crippen LogP contribution in [0.15, 0.2) is 12.2 Å². The minimum absolute atomic E-state index is 0.00515. The lowest BCUT2D eigenvalue weighted by Crippen LogP contribution is -2.71. The van der Waals surface area contributed by atoms with Crippen LogP contribution in [-0.4, -0.2) is 33.7 Å². The number of Topliss-reactive ketones (excluding diaryl/α,β-unsaturated/α-hetero) is 2. The summed E-state index contributed by atoms with van der Waals surface area (Å²) in [6, 6.07) is 0. The van der Waals surface area contributed by atoms with E-state index in [0.717, 1.165) is 18.4 Å². The number of fused-ring (bicyclic) bond motifs is 7. The Labute approximate surface area is 214 Å². The van der Waals surface area contributed by atoms with E-state index in [9.17, 15) is 29.4 Å². The first-order valence-corrected chi connectivity index (χ1v) is 13.8. The SMILES string of the molecule is C=C(C)C1CC[C@]2(C(=O)O)CC[C@]3(C(=O)O)C(CC[C@@H]4[C@@]5(C)CCC(=O)C(C)(C)C5C(=O)C[C@]43C)C12. The Balaban J connectivity index is 1.68. The van der Waals surface area contributed by atoms with Crippen molar-refractivity contribution in [3.8, 4) is 0 Å². The zero-order valence-electron chi connectivity index (χ0n) is 22.5. The summed E-state index contributed by atoms with van der Waals surface area (Å²) in [5.74, 6) is -2.53. The molecule has 0 heterocycles. The topological polar surface area (TPSA) is 109 Å². The normalized spacial score (nSPS) is 49.3. The predicted octanol–water partition coefficient (Wildman–Crippen LogP) is 5.54. The number of carboxylic acid groups (broad SMARTS) is 2. The van der Waals surface area contributed by atoms with Crippen molar-refractivity contribution < 1.29 is 29.4 Å². The molecule has 5 aliphatic rings. The highest BCUT2D eigenvalue weighted by Crippen LogP contribution is 2.77. The van der Waals surface area contributed by atoms with Crippen molar-refractivity contribution in [3.05, 3.63) is 12.2 Å². The van der Waals surface area contributed by atoms with Crippen LogP contribution in [0.5, 0.6) is 0 Å². The highest BCUT2D eigenvalue weighted by atomic mass is 16.4. The van der Waals surface area contributed by atoms with E-state index in [4.69, 9.17) is 0 Å². The van der Waals surface area contributed by atoms with E-state index in [-0.39, 0.29) is 41.7 Å². The molecule has 0 aliphatic heterocycles. The van der Waals surface area contributed by atoms with E-state index in [1.165, 1.54) is 0 Å². The molecule has 0 radical (unpaired) electrons. The van der Waals surface area contributed by atoms with Gasteiger partial charge in [-0.15, -0.1) is 0 Å². The van der Waals surface area contributed by atoms with E-state index >= 15 is 0 Å². The van der Waals surface area contributed by atoms with Crippen molar-refractivity contribution in [2.24, 2.45) is 56.7 Å². The van der Waals surface area contributed by atoms with Crippen molar-refractivity contribution in [2.45, 2.75) is 92.4 Å². The van der Waals surface area contributed by atoms with E-state index in [1.54, 1.807) is 0 Å². The number of hydrogen-bond acceptors (Lipinski definition) is 4. The zero-order chi connectivity index (χ0) is 26.6. The number of carboxylic acids is 2. The molecule has 2 N–H and O–H groups in total. The molecule has 5 fully saturated rings. The molecule has 6 heteroatoms. The molecule has 0 spiro atoms. The molecule has 6 nitrogen and oxygen atoms in total. The van der Waals surface area contributed by atoms with Gasteiger partial charge in [-0.2, -0.15) is 0 Å². The van der Waals surface area contributed by atoms with Crippen LogP contribution in [0.4, 0.5) is 0 Å². The number of allylic oxidation sites excluding steroid dienone is 1. The van der Waals surface area contributed by atoms with Crippen LogP contribution in [-0.2, 0) is 19.2 Å². The molecular formula is C30H42O6. The van der Waals surface area contributed by atoms with Crippen molar-refractivity contribution in [1.29, 1.82) is 0 Å². The minimum atomic E-state index is -1.16. The summed E-state index contributed by atoms with van der Waals surface area (Å²) >= 11 is 0. The van der Waals surface area contributed by atoms with Crippen LogP contribution >= 0.6 is 0 Å². The monoisotopic (exact) mass is 498 g/mol. The summed E-state index contributed by atoms with van der Waals surface area (Å²) in [5, 5.41) is 21.5. The number of ketones is 2. The second-order valence-corrected chi connectivity index (χ2v) is 14.1. The largest absolute Gasteiger partial charge is 0.481 e. The van der Waals surface area contributed by atoms with E-state index in [1.807, 2.05) is 27.7 Å². The molecule has 0 aromatic heterocycles. The Morgan fingerprint density at radius 3 is 2.17 bits per heavy atom. The minimum Gasteiger partial charge on any atom is -0.481 e. The zero-order valence-corrected chi connectivity index (χ0v) is 22.5. The summed E-state index contributed by atoms with van der Waals surface area (Å²) in [5.41, 5.74) is -3.11. The fraction of sp³-hybridized carbons (Fsp3) is 0.800. The number of hydrogen-bond donors (Lipinski definition) is 2. The standard InChI is InChI=1S/C30H42O6/c1-16(2)17-9-12-29(24(33)34)13-14-30(25(35)36)18(22(17)29)7-8-20-27(5)11-10-21(32)26(3,4)23(27)19(31)15-28(20,30)6/h17-18,20,22-23H,1,7-15H2,2-6H3,(H,33,34)(H,35,36)/t17?,18?,20-,22?,23?,27-,28-,29+,30-/m1/s1. The lowest BCUT2D eigenvalue weighted by molar-refractivity contribution is -0.239. The Kier molecular flexibility index (Phi) is 5.37. The van der Waals surface area contributed by atoms with Gasteiger partial charge in [0.2, 0.25) is 0 Å². The van der Waals surface area contributed by atoms with Gasteiger partial charge in [-0.05, 0) is 86.4 Å². The molecule has 0 aromatic carbocycles. The molecule has 36 heavy (non-hydrogen) atoms. The van der Waals surface area contributed by atoms with Gasteiger partial charge in [0.15, 0.2) is 0 Å². The maximum atomic E-state index is 14.0. The van der Waals surface area contributed by atoms with Crippen LogP contribution < -0.4 is 0 Å². The van der Waals surface area contributed by atoms with Gasteiger partial charge in [0.25, 0.3) is 0 Å². The molecular weight excluding hydrogens is 456 g/mol. The van der Waals surface area contributed by atoms with Crippen molar-refractivity contribution >= 4 is 23.5 Å². The average molecular weight is 499 g/mol. The maximum absolute atomic E-state index is 14.0. The lowest BCUT2D eigenvalue weighted by Gasteiger charge is -2.70. The Bertz CT molecular complexity index is 1070. The van der Waals surface area contributed by atoms with Crippen molar-refractivity contribution in [1.82, 2.24) is 0 Å². The highest BCUT2D eigenvalue weighted by Gasteiger charge is 2.77. The van der Waals surface area contributed by atoms with Gasteiger partial charge in [0, 0.05) is 24.2 Å². The van der Waals surface area contributed by atoms with E-state index < -0.39 is 44.9 Å². The Morgan fingerprint density at radius 2 is 1.58 bits per heavy atom. The molecule has 198 valence electrons. The van der Waals surface area contributed by atoms with Crippen LogP contribution in [0.25, 0.3) is 0 Å². The van der Waals surface area contributed by atoms with Gasteiger partial charge in [-0.1, -0.05) is 39.8 Å². The molecule has 0 bridgehead atoms. The maximum Gasteiger partial charge on any atom is 0.310 e. The van der Waals surface area contributed by atoms with Gasteiger partial charge in [0.1, 0.15) is 11.6 Å². The van der Waals surface area contributed by atoms with Crippen LogP contribution in [0, 0.1) is 56.7 Å². The first-order valence-electron chi connectivity index (χ1n) is 13.8. The van der Waals surface area contributed by atoms with E-state index in [0.29, 0.717) is 38.5 Å². The number of carbonyl (C=O) groups is 4. The molecule has 5 rings (SSSR count). The van der Waals surface area contributed by atoms with Crippen LogP contribution in [0.2, 0.25) is 0 Å². The summed E-state index contributed by atoms with van der Waals surface area (Å²) < 4.78 is 0. The third-order valence-electron chi connectivity index (χ3n) is 12.7. The van der Waals surface area contributed by atoms with Gasteiger partial charge in [-0.25, -0.2) is 0 Å². The van der Waals surface area contributed by atoms with Gasteiger partial charge >= 0.3 is 11.9 Å². The van der Waals surface area contributed by atoms with Crippen LogP contribution in [0.1, 0.15) is 92.4 Å². The summed E-state index contributed by atoms with van der Waals surface area (Å²) in [4.78, 5) is 53.2. The Morgan fingerprint density at radius 1 is 0.917 bits per heavy atom. The van der Waals surface area contributed by atoms with Crippen molar-refractivity contribution in [3.63, 3.8) is 0 Å². The highest BCUT2D eigenvalue weighted by molar-refractivity contribution is 5.95. The van der Waals surface area contributed by atoms with Gasteiger partial charge in [0.05, 0.1) is 10.8 Å². The number of aliphatic carboxylic acids is 2.